The fraction of sp³-hybridized carbons (Fsp3) is 0.833. The summed E-state index contributed by atoms with van der Waals surface area (Å²) in [6.45, 7) is 7.29. The van der Waals surface area contributed by atoms with Gasteiger partial charge >= 0.3 is 6.09 Å². The van der Waals surface area contributed by atoms with Crippen molar-refractivity contribution in [2.75, 3.05) is 19.8 Å². The minimum atomic E-state index is -0.527. The largest absolute Gasteiger partial charge is 0.444 e. The Kier molecular flexibility index (Phi) is 9.18. The summed E-state index contributed by atoms with van der Waals surface area (Å²) in [7, 11) is 0. The summed E-state index contributed by atoms with van der Waals surface area (Å²) < 4.78 is 11.0. The second-order valence-electron chi connectivity index (χ2n) is 7.26. The van der Waals surface area contributed by atoms with Crippen LogP contribution >= 0.6 is 0 Å². The summed E-state index contributed by atoms with van der Waals surface area (Å²) in [5.41, 5.74) is 8.04. The molecule has 0 aliphatic heterocycles. The number of nitrogens with zero attached hydrogens (tertiary/aromatic N) is 4. The predicted octanol–water partition coefficient (Wildman–Crippen LogP) is 4.28. The van der Waals surface area contributed by atoms with Crippen LogP contribution < -0.4 is 0 Å². The average Bonchev–Trinajstić information content (AvgIpc) is 2.54. The van der Waals surface area contributed by atoms with Crippen molar-refractivity contribution in [3.8, 4) is 12.3 Å². The van der Waals surface area contributed by atoms with Gasteiger partial charge in [-0.05, 0) is 58.4 Å². The summed E-state index contributed by atoms with van der Waals surface area (Å²) in [6.07, 6.45) is 9.47. The van der Waals surface area contributed by atoms with Gasteiger partial charge in [-0.2, -0.15) is 0 Å². The highest BCUT2D eigenvalue weighted by molar-refractivity contribution is 5.68. The summed E-state index contributed by atoms with van der Waals surface area (Å²) in [4.78, 5) is 17.3. The molecule has 1 aliphatic carbocycles. The molecule has 7 nitrogen and oxygen atoms in total. The molecular weight excluding hydrogens is 320 g/mol. The van der Waals surface area contributed by atoms with Gasteiger partial charge in [0.15, 0.2) is 0 Å². The quantitative estimate of drug-likeness (QED) is 0.215. The van der Waals surface area contributed by atoms with E-state index in [1.807, 2.05) is 25.7 Å². The lowest BCUT2D eigenvalue weighted by Crippen LogP contribution is -2.46. The number of carbonyl (C=O) groups is 1. The molecule has 0 spiro atoms. The SMILES string of the molecule is C#CCCOCCCN(C(=O)OC(C)(C)C)C1CCC(N=[N+]=[N-])CC1. The maximum absolute atomic E-state index is 12.6. The van der Waals surface area contributed by atoms with E-state index >= 15 is 0 Å². The van der Waals surface area contributed by atoms with Crippen LogP contribution in [0.2, 0.25) is 0 Å². The zero-order valence-corrected chi connectivity index (χ0v) is 15.6. The second-order valence-corrected chi connectivity index (χ2v) is 7.26. The number of azide groups is 1. The number of terminal acetylenes is 1. The fourth-order valence-electron chi connectivity index (χ4n) is 2.87. The molecule has 140 valence electrons. The number of hydrogen-bond acceptors (Lipinski definition) is 4. The van der Waals surface area contributed by atoms with E-state index in [0.717, 1.165) is 32.1 Å². The first kappa shape index (κ1) is 21.1. The van der Waals surface area contributed by atoms with Crippen molar-refractivity contribution >= 4 is 6.09 Å². The first-order chi connectivity index (χ1) is 11.9. The molecule has 0 atom stereocenters. The molecule has 7 heteroatoms. The molecule has 0 aromatic carbocycles. The number of hydrogen-bond donors (Lipinski definition) is 0. The Labute approximate surface area is 150 Å². The van der Waals surface area contributed by atoms with Crippen molar-refractivity contribution in [2.45, 2.75) is 77.0 Å². The van der Waals surface area contributed by atoms with E-state index < -0.39 is 5.60 Å². The van der Waals surface area contributed by atoms with Crippen LogP contribution in [0.1, 0.15) is 59.3 Å². The van der Waals surface area contributed by atoms with Crippen molar-refractivity contribution in [1.82, 2.24) is 4.90 Å². The Balaban J connectivity index is 2.57. The predicted molar refractivity (Wildman–Crippen MR) is 97.0 cm³/mol. The molecule has 1 fully saturated rings. The van der Waals surface area contributed by atoms with Crippen LogP contribution in [0, 0.1) is 12.3 Å². The van der Waals surface area contributed by atoms with Gasteiger partial charge in [-0.15, -0.1) is 12.3 Å². The lowest BCUT2D eigenvalue weighted by molar-refractivity contribution is 0.00911. The molecule has 1 saturated carbocycles. The number of ether oxygens (including phenoxy) is 2. The highest BCUT2D eigenvalue weighted by Crippen LogP contribution is 2.26. The Hall–Kier alpha value is -1.90. The molecule has 0 N–H and O–H groups in total. The molecule has 0 aromatic rings. The maximum Gasteiger partial charge on any atom is 0.410 e. The van der Waals surface area contributed by atoms with Crippen LogP contribution in [0.15, 0.2) is 5.11 Å². The van der Waals surface area contributed by atoms with Crippen molar-refractivity contribution in [1.29, 1.82) is 0 Å². The second kappa shape index (κ2) is 10.9. The van der Waals surface area contributed by atoms with Crippen LogP contribution in [0.5, 0.6) is 0 Å². The molecule has 1 rings (SSSR count). The molecule has 0 radical (unpaired) electrons. The molecule has 0 saturated heterocycles. The third-order valence-corrected chi connectivity index (χ3v) is 4.03. The van der Waals surface area contributed by atoms with Gasteiger partial charge < -0.3 is 14.4 Å². The highest BCUT2D eigenvalue weighted by Gasteiger charge is 2.31. The molecule has 25 heavy (non-hydrogen) atoms. The van der Waals surface area contributed by atoms with Crippen LogP contribution in [0.25, 0.3) is 10.4 Å². The monoisotopic (exact) mass is 350 g/mol. The van der Waals surface area contributed by atoms with Gasteiger partial charge in [0.2, 0.25) is 0 Å². The van der Waals surface area contributed by atoms with Gasteiger partial charge in [0.25, 0.3) is 0 Å². The van der Waals surface area contributed by atoms with Crippen molar-refractivity contribution in [2.24, 2.45) is 5.11 Å². The van der Waals surface area contributed by atoms with Crippen LogP contribution in [-0.2, 0) is 9.47 Å². The van der Waals surface area contributed by atoms with Crippen molar-refractivity contribution < 1.29 is 14.3 Å². The van der Waals surface area contributed by atoms with Crippen molar-refractivity contribution in [3.63, 3.8) is 0 Å². The van der Waals surface area contributed by atoms with Gasteiger partial charge in [-0.1, -0.05) is 5.11 Å². The number of amides is 1. The smallest absolute Gasteiger partial charge is 0.410 e. The summed E-state index contributed by atoms with van der Waals surface area (Å²) >= 11 is 0. The molecule has 0 bridgehead atoms. The van der Waals surface area contributed by atoms with E-state index in [-0.39, 0.29) is 18.2 Å². The minimum Gasteiger partial charge on any atom is -0.444 e. The van der Waals surface area contributed by atoms with Gasteiger partial charge in [-0.25, -0.2) is 4.79 Å². The van der Waals surface area contributed by atoms with E-state index in [2.05, 4.69) is 15.9 Å². The van der Waals surface area contributed by atoms with Crippen LogP contribution in [0.4, 0.5) is 4.79 Å². The van der Waals surface area contributed by atoms with Crippen LogP contribution in [-0.4, -0.2) is 48.4 Å². The zero-order chi connectivity index (χ0) is 18.7. The van der Waals surface area contributed by atoms with E-state index in [1.54, 1.807) is 0 Å². The number of carbonyl (C=O) groups excluding carboxylic acids is 1. The normalized spacial score (nSPS) is 20.2. The Morgan fingerprint density at radius 1 is 1.32 bits per heavy atom. The summed E-state index contributed by atoms with van der Waals surface area (Å²) in [6, 6.07) is 0.152. The summed E-state index contributed by atoms with van der Waals surface area (Å²) in [5, 5.41) is 3.80. The van der Waals surface area contributed by atoms with Gasteiger partial charge in [0.1, 0.15) is 5.60 Å². The highest BCUT2D eigenvalue weighted by atomic mass is 16.6. The maximum atomic E-state index is 12.6. The van der Waals surface area contributed by atoms with Crippen molar-refractivity contribution in [3.05, 3.63) is 10.4 Å². The minimum absolute atomic E-state index is 0.0360. The van der Waals surface area contributed by atoms with E-state index in [1.165, 1.54) is 0 Å². The van der Waals surface area contributed by atoms with E-state index in [4.69, 9.17) is 21.4 Å². The Morgan fingerprint density at radius 3 is 2.56 bits per heavy atom. The Bertz CT molecular complexity index is 495. The van der Waals surface area contributed by atoms with E-state index in [9.17, 15) is 4.79 Å². The lowest BCUT2D eigenvalue weighted by atomic mass is 9.90. The molecule has 0 unspecified atom stereocenters. The molecular formula is C18H30N4O3. The topological polar surface area (TPSA) is 87.5 Å². The molecule has 1 amide bonds. The third kappa shape index (κ3) is 8.67. The third-order valence-electron chi connectivity index (χ3n) is 4.03. The van der Waals surface area contributed by atoms with E-state index in [0.29, 0.717) is 26.2 Å². The standard InChI is InChI=1S/C18H30N4O3/c1-5-6-13-24-14-7-12-22(17(23)25-18(2,3)4)16-10-8-15(9-11-16)20-21-19/h1,15-16H,6-14H2,2-4H3. The first-order valence-electron chi connectivity index (χ1n) is 8.92. The zero-order valence-electron chi connectivity index (χ0n) is 15.6. The molecule has 0 aromatic heterocycles. The molecule has 0 heterocycles. The van der Waals surface area contributed by atoms with Gasteiger partial charge in [0, 0.05) is 36.6 Å². The molecule has 1 aliphatic rings. The Morgan fingerprint density at radius 2 is 2.00 bits per heavy atom. The fourth-order valence-corrected chi connectivity index (χ4v) is 2.87. The summed E-state index contributed by atoms with van der Waals surface area (Å²) in [5.74, 6) is 2.53. The number of rotatable bonds is 8. The lowest BCUT2D eigenvalue weighted by Gasteiger charge is -2.37. The first-order valence-corrected chi connectivity index (χ1v) is 8.92. The van der Waals surface area contributed by atoms with Gasteiger partial charge in [-0.3, -0.25) is 0 Å². The van der Waals surface area contributed by atoms with Crippen LogP contribution in [0.3, 0.4) is 0 Å². The average molecular weight is 350 g/mol. The van der Waals surface area contributed by atoms with Gasteiger partial charge in [0.05, 0.1) is 6.61 Å².